The summed E-state index contributed by atoms with van der Waals surface area (Å²) in [5.74, 6) is 1.71. The summed E-state index contributed by atoms with van der Waals surface area (Å²) in [6.07, 6.45) is 3.17. The number of pyridine rings is 1. The molecule has 0 fully saturated rings. The van der Waals surface area contributed by atoms with Gasteiger partial charge in [-0.1, -0.05) is 29.8 Å². The lowest BCUT2D eigenvalue weighted by Crippen LogP contribution is -2.21. The predicted molar refractivity (Wildman–Crippen MR) is 146 cm³/mol. The average Bonchev–Trinajstić information content (AvgIpc) is 3.38. The molecular weight excluding hydrogens is 504 g/mol. The van der Waals surface area contributed by atoms with Crippen LogP contribution in [0.2, 0.25) is 5.02 Å². The number of hydrogen-bond acceptors (Lipinski definition) is 8. The van der Waals surface area contributed by atoms with Gasteiger partial charge in [-0.05, 0) is 61.7 Å². The van der Waals surface area contributed by atoms with Crippen LogP contribution in [-0.2, 0) is 11.3 Å². The molecule has 192 valence electrons. The Kier molecular flexibility index (Phi) is 10.2. The maximum absolute atomic E-state index is 11.9. The quantitative estimate of drug-likeness (QED) is 0.225. The molecule has 4 aromatic rings. The number of carbonyl (C=O) groups excluding carboxylic acids is 1. The van der Waals surface area contributed by atoms with Crippen LogP contribution in [0.3, 0.4) is 0 Å². The van der Waals surface area contributed by atoms with Crippen molar-refractivity contribution in [2.24, 2.45) is 4.99 Å². The molecule has 0 bridgehead atoms. The number of nitrogens with one attached hydrogen (secondary N) is 2. The lowest BCUT2D eigenvalue weighted by Gasteiger charge is -2.05. The number of amides is 1. The molecular formula is C28H25ClN6O3. The van der Waals surface area contributed by atoms with Gasteiger partial charge in [-0.2, -0.15) is 5.26 Å². The fraction of sp³-hybridized carbons (Fsp3) is 0.107. The number of ether oxygens (including phenoxy) is 1. The van der Waals surface area contributed by atoms with E-state index in [0.717, 1.165) is 11.3 Å². The van der Waals surface area contributed by atoms with Crippen molar-refractivity contribution in [2.75, 3.05) is 7.05 Å². The highest BCUT2D eigenvalue weighted by Gasteiger charge is 2.15. The number of likely N-dealkylation sites (N-methyl/N-ethyl adjacent to an activating group) is 1. The Bertz CT molecular complexity index is 1440. The van der Waals surface area contributed by atoms with Crippen LogP contribution in [0.4, 0.5) is 5.69 Å². The first-order chi connectivity index (χ1) is 18.4. The fourth-order valence-electron chi connectivity index (χ4n) is 2.99. The highest BCUT2D eigenvalue weighted by molar-refractivity contribution is 6.30. The molecule has 9 nitrogen and oxygen atoms in total. The molecule has 0 spiro atoms. The zero-order valence-electron chi connectivity index (χ0n) is 20.8. The third-order valence-electron chi connectivity index (χ3n) is 4.87. The van der Waals surface area contributed by atoms with Crippen LogP contribution in [0.5, 0.6) is 11.6 Å². The maximum atomic E-state index is 11.9. The second kappa shape index (κ2) is 14.0. The second-order valence-electron chi connectivity index (χ2n) is 7.65. The summed E-state index contributed by atoms with van der Waals surface area (Å²) in [5.41, 5.74) is 2.50. The first kappa shape index (κ1) is 27.6. The van der Waals surface area contributed by atoms with E-state index in [9.17, 15) is 4.79 Å². The highest BCUT2D eigenvalue weighted by atomic mass is 35.5. The molecule has 0 radical (unpaired) electrons. The summed E-state index contributed by atoms with van der Waals surface area (Å²) in [6, 6.07) is 21.6. The van der Waals surface area contributed by atoms with E-state index < -0.39 is 0 Å². The molecule has 0 aliphatic carbocycles. The smallest absolute Gasteiger partial charge is 0.258 e. The fourth-order valence-corrected chi connectivity index (χ4v) is 3.11. The highest BCUT2D eigenvalue weighted by Crippen LogP contribution is 2.22. The number of nitriles is 1. The predicted octanol–water partition coefficient (Wildman–Crippen LogP) is 5.59. The van der Waals surface area contributed by atoms with Crippen LogP contribution in [0, 0.1) is 18.3 Å². The van der Waals surface area contributed by atoms with Crippen molar-refractivity contribution in [1.29, 1.82) is 5.26 Å². The number of carbonyl (C=O) groups is 1. The number of halogens is 1. The zero-order valence-corrected chi connectivity index (χ0v) is 21.6. The SMILES string of the molecule is C=Nc1ccc(Oc2cccc(C#N)n2)cc1.CNC(=O)/C(=C\NCc1ccc(Cl)cc1)c1ncc(C)o1. The van der Waals surface area contributed by atoms with Gasteiger partial charge in [0, 0.05) is 30.9 Å². The molecule has 0 saturated heterocycles. The Morgan fingerprint density at radius 3 is 2.53 bits per heavy atom. The van der Waals surface area contributed by atoms with Crippen LogP contribution < -0.4 is 15.4 Å². The lowest BCUT2D eigenvalue weighted by atomic mass is 10.2. The number of rotatable bonds is 8. The van der Waals surface area contributed by atoms with Gasteiger partial charge in [-0.3, -0.25) is 9.79 Å². The minimum absolute atomic E-state index is 0.263. The van der Waals surface area contributed by atoms with E-state index in [1.807, 2.05) is 30.3 Å². The number of oxazole rings is 1. The number of aliphatic imine (C=N–C) groups is 1. The van der Waals surface area contributed by atoms with Gasteiger partial charge in [-0.15, -0.1) is 0 Å². The number of nitrogens with zero attached hydrogens (tertiary/aromatic N) is 4. The molecule has 4 rings (SSSR count). The summed E-state index contributed by atoms with van der Waals surface area (Å²) in [6.45, 7) is 5.77. The standard InChI is InChI=1S/C15H16ClN3O2.C13H9N3O/c1-10-7-19-15(21-10)13(14(20)17-2)9-18-8-11-3-5-12(16)6-4-11;1-15-10-5-7-12(8-6-10)17-13-4-2-3-11(9-14)16-13/h3-7,9,18H,8H2,1-2H3,(H,17,20);2-8H,1H2/b13-9+;. The summed E-state index contributed by atoms with van der Waals surface area (Å²) in [7, 11) is 1.56. The minimum atomic E-state index is -0.263. The molecule has 10 heteroatoms. The lowest BCUT2D eigenvalue weighted by molar-refractivity contribution is -0.115. The van der Waals surface area contributed by atoms with Gasteiger partial charge in [0.2, 0.25) is 11.8 Å². The Balaban J connectivity index is 0.000000215. The third kappa shape index (κ3) is 8.33. The van der Waals surface area contributed by atoms with E-state index in [1.54, 1.807) is 68.8 Å². The first-order valence-electron chi connectivity index (χ1n) is 11.4. The molecule has 2 aromatic heterocycles. The Hall–Kier alpha value is -4.94. The number of aromatic nitrogens is 2. The average molecular weight is 529 g/mol. The summed E-state index contributed by atoms with van der Waals surface area (Å²) in [4.78, 5) is 23.7. The molecule has 0 aliphatic heterocycles. The van der Waals surface area contributed by atoms with E-state index in [-0.39, 0.29) is 11.8 Å². The van der Waals surface area contributed by atoms with Crippen LogP contribution in [0.1, 0.15) is 22.9 Å². The Morgan fingerprint density at radius 1 is 1.18 bits per heavy atom. The van der Waals surface area contributed by atoms with E-state index in [0.29, 0.717) is 40.2 Å². The molecule has 2 N–H and O–H groups in total. The van der Waals surface area contributed by atoms with Gasteiger partial charge in [0.25, 0.3) is 5.91 Å². The van der Waals surface area contributed by atoms with Crippen LogP contribution in [0.25, 0.3) is 5.57 Å². The van der Waals surface area contributed by atoms with E-state index >= 15 is 0 Å². The molecule has 2 heterocycles. The molecule has 0 saturated carbocycles. The largest absolute Gasteiger partial charge is 0.441 e. The van der Waals surface area contributed by atoms with E-state index in [1.165, 1.54) is 0 Å². The van der Waals surface area contributed by atoms with E-state index in [4.69, 9.17) is 26.0 Å². The van der Waals surface area contributed by atoms with Crippen LogP contribution >= 0.6 is 11.6 Å². The molecule has 0 atom stereocenters. The van der Waals surface area contributed by atoms with Crippen molar-refractivity contribution >= 4 is 35.5 Å². The first-order valence-corrected chi connectivity index (χ1v) is 11.7. The maximum Gasteiger partial charge on any atom is 0.258 e. The minimum Gasteiger partial charge on any atom is -0.441 e. The second-order valence-corrected chi connectivity index (χ2v) is 8.08. The third-order valence-corrected chi connectivity index (χ3v) is 5.12. The van der Waals surface area contributed by atoms with Gasteiger partial charge in [0.05, 0.1) is 11.9 Å². The Morgan fingerprint density at radius 2 is 1.92 bits per heavy atom. The summed E-state index contributed by atoms with van der Waals surface area (Å²) >= 11 is 5.83. The molecule has 1 amide bonds. The number of hydrogen-bond donors (Lipinski definition) is 2. The van der Waals surface area contributed by atoms with Crippen molar-refractivity contribution in [3.05, 3.63) is 107 Å². The van der Waals surface area contributed by atoms with Crippen LogP contribution in [0.15, 0.2) is 88.5 Å². The molecule has 0 aliphatic rings. The van der Waals surface area contributed by atoms with Gasteiger partial charge >= 0.3 is 0 Å². The van der Waals surface area contributed by atoms with Crippen molar-refractivity contribution in [1.82, 2.24) is 20.6 Å². The molecule has 38 heavy (non-hydrogen) atoms. The van der Waals surface area contributed by atoms with Crippen molar-refractivity contribution in [3.8, 4) is 17.7 Å². The summed E-state index contributed by atoms with van der Waals surface area (Å²) in [5, 5.41) is 15.0. The normalized spacial score (nSPS) is 10.4. The van der Waals surface area contributed by atoms with Gasteiger partial charge in [0.1, 0.15) is 28.8 Å². The number of aryl methyl sites for hydroxylation is 1. The van der Waals surface area contributed by atoms with Crippen molar-refractivity contribution in [2.45, 2.75) is 13.5 Å². The van der Waals surface area contributed by atoms with Gasteiger partial charge in [0.15, 0.2) is 0 Å². The van der Waals surface area contributed by atoms with Crippen molar-refractivity contribution < 1.29 is 13.9 Å². The summed E-state index contributed by atoms with van der Waals surface area (Å²) < 4.78 is 10.9. The monoisotopic (exact) mass is 528 g/mol. The Labute approximate surface area is 225 Å². The number of benzene rings is 2. The van der Waals surface area contributed by atoms with Crippen molar-refractivity contribution in [3.63, 3.8) is 0 Å². The molecule has 2 aromatic carbocycles. The zero-order chi connectivity index (χ0) is 27.3. The molecule has 0 unspecified atom stereocenters. The van der Waals surface area contributed by atoms with Gasteiger partial charge in [-0.25, -0.2) is 9.97 Å². The van der Waals surface area contributed by atoms with Crippen LogP contribution in [-0.4, -0.2) is 29.6 Å². The van der Waals surface area contributed by atoms with E-state index in [2.05, 4.69) is 32.3 Å². The topological polar surface area (TPSA) is 125 Å². The van der Waals surface area contributed by atoms with Gasteiger partial charge < -0.3 is 19.8 Å².